The molecule has 25 heavy (non-hydrogen) atoms. The van der Waals surface area contributed by atoms with Crippen LogP contribution < -0.4 is 5.32 Å². The van der Waals surface area contributed by atoms with Crippen molar-refractivity contribution in [3.63, 3.8) is 0 Å². The Morgan fingerprint density at radius 3 is 2.76 bits per heavy atom. The van der Waals surface area contributed by atoms with Crippen molar-refractivity contribution in [1.29, 1.82) is 0 Å². The molecular formula is C18H25BrClN5. The standard InChI is InChI=1S/C18H24BrN5.ClH/c1-13-2-3-14(10-16(13)19)12-23-7-4-15(5-8-23)18-22-21-17-11-20-6-9-24(17)18;/h2-3,10,15,20H,4-9,11-12H2,1H3;1H. The molecule has 1 saturated heterocycles. The molecule has 0 unspecified atom stereocenters. The zero-order valence-corrected chi connectivity index (χ0v) is 16.9. The van der Waals surface area contributed by atoms with Crippen molar-refractivity contribution in [2.45, 2.75) is 45.3 Å². The highest BCUT2D eigenvalue weighted by atomic mass is 79.9. The fraction of sp³-hybridized carbons (Fsp3) is 0.556. The summed E-state index contributed by atoms with van der Waals surface area (Å²) in [6, 6.07) is 6.69. The van der Waals surface area contributed by atoms with Crippen LogP contribution in [0, 0.1) is 6.92 Å². The number of hydrogen-bond donors (Lipinski definition) is 1. The topological polar surface area (TPSA) is 46.0 Å². The number of likely N-dealkylation sites (tertiary alicyclic amines) is 1. The molecular weight excluding hydrogens is 402 g/mol. The highest BCUT2D eigenvalue weighted by molar-refractivity contribution is 9.10. The normalized spacial score (nSPS) is 18.6. The van der Waals surface area contributed by atoms with E-state index in [0.29, 0.717) is 5.92 Å². The highest BCUT2D eigenvalue weighted by Crippen LogP contribution is 2.29. The minimum Gasteiger partial charge on any atom is -0.312 e. The number of aromatic nitrogens is 3. The van der Waals surface area contributed by atoms with Crippen molar-refractivity contribution >= 4 is 28.3 Å². The van der Waals surface area contributed by atoms with E-state index in [2.05, 4.69) is 66.0 Å². The fourth-order valence-electron chi connectivity index (χ4n) is 3.76. The summed E-state index contributed by atoms with van der Waals surface area (Å²) in [7, 11) is 0. The van der Waals surface area contributed by atoms with Crippen molar-refractivity contribution in [2.24, 2.45) is 0 Å². The summed E-state index contributed by atoms with van der Waals surface area (Å²) < 4.78 is 3.55. The van der Waals surface area contributed by atoms with Gasteiger partial charge >= 0.3 is 0 Å². The van der Waals surface area contributed by atoms with Crippen molar-refractivity contribution in [1.82, 2.24) is 25.0 Å². The third-order valence-electron chi connectivity index (χ3n) is 5.25. The molecule has 0 aliphatic carbocycles. The minimum absolute atomic E-state index is 0. The molecule has 2 aliphatic rings. The molecule has 0 spiro atoms. The maximum absolute atomic E-state index is 4.50. The van der Waals surface area contributed by atoms with E-state index in [1.165, 1.54) is 34.3 Å². The zero-order valence-electron chi connectivity index (χ0n) is 14.5. The number of piperidine rings is 1. The highest BCUT2D eigenvalue weighted by Gasteiger charge is 2.26. The first-order valence-corrected chi connectivity index (χ1v) is 9.60. The Morgan fingerprint density at radius 1 is 1.20 bits per heavy atom. The van der Waals surface area contributed by atoms with Crippen LogP contribution in [-0.4, -0.2) is 39.3 Å². The lowest BCUT2D eigenvalue weighted by atomic mass is 9.95. The van der Waals surface area contributed by atoms with Gasteiger partial charge < -0.3 is 9.88 Å². The molecule has 136 valence electrons. The Balaban J connectivity index is 0.00000182. The van der Waals surface area contributed by atoms with Crippen LogP contribution in [0.15, 0.2) is 22.7 Å². The summed E-state index contributed by atoms with van der Waals surface area (Å²) in [6.07, 6.45) is 2.36. The monoisotopic (exact) mass is 425 g/mol. The van der Waals surface area contributed by atoms with Gasteiger partial charge in [0.15, 0.2) is 0 Å². The molecule has 0 radical (unpaired) electrons. The van der Waals surface area contributed by atoms with E-state index < -0.39 is 0 Å². The smallest absolute Gasteiger partial charge is 0.147 e. The SMILES string of the molecule is Cc1ccc(CN2CCC(c3nnc4n3CCNC4)CC2)cc1Br.Cl. The molecule has 2 aliphatic heterocycles. The number of halogens is 2. The predicted octanol–water partition coefficient (Wildman–Crippen LogP) is 3.25. The molecule has 1 fully saturated rings. The zero-order chi connectivity index (χ0) is 16.5. The van der Waals surface area contributed by atoms with Crippen molar-refractivity contribution < 1.29 is 0 Å². The van der Waals surface area contributed by atoms with Crippen LogP contribution >= 0.6 is 28.3 Å². The first-order valence-electron chi connectivity index (χ1n) is 8.81. The van der Waals surface area contributed by atoms with E-state index in [1.54, 1.807) is 0 Å². The van der Waals surface area contributed by atoms with Crippen LogP contribution in [0.25, 0.3) is 0 Å². The van der Waals surface area contributed by atoms with Gasteiger partial charge in [-0.1, -0.05) is 28.1 Å². The second-order valence-electron chi connectivity index (χ2n) is 6.94. The van der Waals surface area contributed by atoms with Crippen molar-refractivity contribution in [3.05, 3.63) is 45.4 Å². The molecule has 1 N–H and O–H groups in total. The van der Waals surface area contributed by atoms with Gasteiger partial charge in [0.25, 0.3) is 0 Å². The van der Waals surface area contributed by atoms with Gasteiger partial charge in [-0.2, -0.15) is 0 Å². The molecule has 2 aromatic rings. The lowest BCUT2D eigenvalue weighted by Crippen LogP contribution is -2.34. The fourth-order valence-corrected chi connectivity index (χ4v) is 4.19. The van der Waals surface area contributed by atoms with Gasteiger partial charge in [-0.3, -0.25) is 4.90 Å². The summed E-state index contributed by atoms with van der Waals surface area (Å²) in [4.78, 5) is 2.56. The second kappa shape index (κ2) is 8.16. The van der Waals surface area contributed by atoms with E-state index in [4.69, 9.17) is 0 Å². The summed E-state index contributed by atoms with van der Waals surface area (Å²) in [5.74, 6) is 2.87. The Morgan fingerprint density at radius 2 is 2.00 bits per heavy atom. The Bertz CT molecular complexity index is 724. The average Bonchev–Trinajstić information content (AvgIpc) is 3.03. The molecule has 0 saturated carbocycles. The summed E-state index contributed by atoms with van der Waals surface area (Å²) in [5, 5.41) is 12.2. The van der Waals surface area contributed by atoms with Crippen molar-refractivity contribution in [2.75, 3.05) is 19.6 Å². The first-order chi connectivity index (χ1) is 11.7. The van der Waals surface area contributed by atoms with Gasteiger partial charge in [0.05, 0.1) is 6.54 Å². The van der Waals surface area contributed by atoms with Gasteiger partial charge in [0.2, 0.25) is 0 Å². The molecule has 0 atom stereocenters. The molecule has 0 bridgehead atoms. The van der Waals surface area contributed by atoms with E-state index >= 15 is 0 Å². The van der Waals surface area contributed by atoms with E-state index in [-0.39, 0.29) is 12.4 Å². The average molecular weight is 427 g/mol. The summed E-state index contributed by atoms with van der Waals surface area (Å²) in [5.41, 5.74) is 2.68. The van der Waals surface area contributed by atoms with Crippen LogP contribution in [0.4, 0.5) is 0 Å². The molecule has 7 heteroatoms. The van der Waals surface area contributed by atoms with Crippen LogP contribution in [0.1, 0.15) is 41.5 Å². The lowest BCUT2D eigenvalue weighted by Gasteiger charge is -2.32. The minimum atomic E-state index is 0. The third kappa shape index (κ3) is 4.08. The number of hydrogen-bond acceptors (Lipinski definition) is 4. The molecule has 3 heterocycles. The third-order valence-corrected chi connectivity index (χ3v) is 6.10. The van der Waals surface area contributed by atoms with Crippen LogP contribution in [-0.2, 0) is 19.6 Å². The number of nitrogens with one attached hydrogen (secondary N) is 1. The predicted molar refractivity (Wildman–Crippen MR) is 105 cm³/mol. The van der Waals surface area contributed by atoms with Gasteiger partial charge in [0, 0.05) is 30.0 Å². The van der Waals surface area contributed by atoms with E-state index in [9.17, 15) is 0 Å². The number of rotatable bonds is 3. The number of aryl methyl sites for hydroxylation is 1. The number of fused-ring (bicyclic) bond motifs is 1. The summed E-state index contributed by atoms with van der Waals surface area (Å²) in [6.45, 7) is 8.33. The van der Waals surface area contributed by atoms with Crippen LogP contribution in [0.2, 0.25) is 0 Å². The van der Waals surface area contributed by atoms with Crippen LogP contribution in [0.3, 0.4) is 0 Å². The van der Waals surface area contributed by atoms with Gasteiger partial charge in [-0.25, -0.2) is 0 Å². The van der Waals surface area contributed by atoms with Gasteiger partial charge in [-0.05, 0) is 50.0 Å². The van der Waals surface area contributed by atoms with Gasteiger partial charge in [0.1, 0.15) is 11.6 Å². The Kier molecular flexibility index (Phi) is 6.15. The number of nitrogens with zero attached hydrogens (tertiary/aromatic N) is 4. The summed E-state index contributed by atoms with van der Waals surface area (Å²) >= 11 is 3.64. The molecule has 1 aromatic carbocycles. The lowest BCUT2D eigenvalue weighted by molar-refractivity contribution is 0.199. The largest absolute Gasteiger partial charge is 0.312 e. The Labute approximate surface area is 163 Å². The van der Waals surface area contributed by atoms with Crippen molar-refractivity contribution in [3.8, 4) is 0 Å². The van der Waals surface area contributed by atoms with E-state index in [0.717, 1.165) is 45.1 Å². The van der Waals surface area contributed by atoms with Crippen LogP contribution in [0.5, 0.6) is 0 Å². The maximum Gasteiger partial charge on any atom is 0.147 e. The molecule has 1 aromatic heterocycles. The molecule has 5 nitrogen and oxygen atoms in total. The number of benzene rings is 1. The molecule has 0 amide bonds. The van der Waals surface area contributed by atoms with E-state index in [1.807, 2.05) is 0 Å². The molecule has 4 rings (SSSR count). The first kappa shape index (κ1) is 18.8. The Hall–Kier alpha value is -0.950. The quantitative estimate of drug-likeness (QED) is 0.818. The van der Waals surface area contributed by atoms with Gasteiger partial charge in [-0.15, -0.1) is 22.6 Å². The maximum atomic E-state index is 4.50. The second-order valence-corrected chi connectivity index (χ2v) is 7.79.